The molecule has 0 bridgehead atoms. The van der Waals surface area contributed by atoms with Crippen LogP contribution in [0.5, 0.6) is 0 Å². The highest BCUT2D eigenvalue weighted by molar-refractivity contribution is 9.10. The van der Waals surface area contributed by atoms with Gasteiger partial charge in [0.25, 0.3) is 0 Å². The van der Waals surface area contributed by atoms with Gasteiger partial charge in [-0.05, 0) is 56.3 Å². The lowest BCUT2D eigenvalue weighted by Crippen LogP contribution is -2.43. The molecule has 1 aliphatic heterocycles. The van der Waals surface area contributed by atoms with Gasteiger partial charge in [0.1, 0.15) is 0 Å². The van der Waals surface area contributed by atoms with E-state index in [1.807, 2.05) is 23.7 Å². The van der Waals surface area contributed by atoms with Gasteiger partial charge in [-0.3, -0.25) is 4.79 Å². The lowest BCUT2D eigenvalue weighted by atomic mass is 10.0. The minimum absolute atomic E-state index is 0. The van der Waals surface area contributed by atoms with E-state index < -0.39 is 0 Å². The summed E-state index contributed by atoms with van der Waals surface area (Å²) in [6, 6.07) is 8.92. The van der Waals surface area contributed by atoms with Crippen molar-refractivity contribution in [1.29, 1.82) is 0 Å². The predicted molar refractivity (Wildman–Crippen MR) is 100 cm³/mol. The number of nitrogens with one attached hydrogen (secondary N) is 1. The summed E-state index contributed by atoms with van der Waals surface area (Å²) in [7, 11) is 2.00. The average molecular weight is 408 g/mol. The molecular weight excluding hydrogens is 384 g/mol. The maximum atomic E-state index is 12.1. The molecular formula is C16H24BrClN2OS. The molecule has 1 saturated heterocycles. The van der Waals surface area contributed by atoms with Crippen LogP contribution in [-0.2, 0) is 4.79 Å². The number of amides is 1. The number of thioether (sulfide) groups is 1. The molecule has 0 saturated carbocycles. The minimum atomic E-state index is 0. The van der Waals surface area contributed by atoms with E-state index in [1.165, 1.54) is 4.90 Å². The number of piperidine rings is 1. The molecule has 3 nitrogen and oxygen atoms in total. The van der Waals surface area contributed by atoms with Gasteiger partial charge in [0.2, 0.25) is 5.91 Å². The van der Waals surface area contributed by atoms with Gasteiger partial charge >= 0.3 is 0 Å². The molecule has 0 unspecified atom stereocenters. The van der Waals surface area contributed by atoms with Crippen molar-refractivity contribution in [3.8, 4) is 0 Å². The summed E-state index contributed by atoms with van der Waals surface area (Å²) in [5.41, 5.74) is 0. The third-order valence-corrected chi connectivity index (χ3v) is 5.50. The molecule has 0 aromatic heterocycles. The standard InChI is InChI=1S/C16H23BrN2OS.ClH/c1-18-14-8-10-19(11-9-14)16(20)3-2-12-21-15-6-4-13(17)5-7-15;/h4-7,14,18H,2-3,8-12H2,1H3;1H. The molecule has 0 atom stereocenters. The second-order valence-electron chi connectivity index (χ2n) is 5.35. The van der Waals surface area contributed by atoms with Crippen LogP contribution in [-0.4, -0.2) is 42.7 Å². The van der Waals surface area contributed by atoms with Gasteiger partial charge in [-0.25, -0.2) is 0 Å². The molecule has 0 spiro atoms. The van der Waals surface area contributed by atoms with Gasteiger partial charge in [-0.1, -0.05) is 15.9 Å². The van der Waals surface area contributed by atoms with E-state index in [1.54, 1.807) is 0 Å². The van der Waals surface area contributed by atoms with Gasteiger partial charge in [0.05, 0.1) is 0 Å². The van der Waals surface area contributed by atoms with E-state index in [2.05, 4.69) is 45.5 Å². The monoisotopic (exact) mass is 406 g/mol. The molecule has 1 aliphatic rings. The molecule has 1 heterocycles. The molecule has 1 fully saturated rings. The maximum Gasteiger partial charge on any atom is 0.222 e. The van der Waals surface area contributed by atoms with Crippen molar-refractivity contribution in [2.45, 2.75) is 36.6 Å². The molecule has 1 aromatic carbocycles. The molecule has 0 aliphatic carbocycles. The number of carbonyl (C=O) groups is 1. The van der Waals surface area contributed by atoms with Crippen LogP contribution in [0.25, 0.3) is 0 Å². The van der Waals surface area contributed by atoms with E-state index in [4.69, 9.17) is 0 Å². The van der Waals surface area contributed by atoms with Crippen LogP contribution in [0, 0.1) is 0 Å². The van der Waals surface area contributed by atoms with Crippen molar-refractivity contribution in [3.05, 3.63) is 28.7 Å². The van der Waals surface area contributed by atoms with Crippen LogP contribution in [0.15, 0.2) is 33.6 Å². The Hall–Kier alpha value is -0.230. The molecule has 2 rings (SSSR count). The third kappa shape index (κ3) is 6.49. The van der Waals surface area contributed by atoms with Crippen LogP contribution in [0.2, 0.25) is 0 Å². The van der Waals surface area contributed by atoms with Crippen LogP contribution in [0.4, 0.5) is 0 Å². The summed E-state index contributed by atoms with van der Waals surface area (Å²) in [4.78, 5) is 15.4. The second-order valence-corrected chi connectivity index (χ2v) is 7.43. The van der Waals surface area contributed by atoms with E-state index >= 15 is 0 Å². The van der Waals surface area contributed by atoms with Crippen molar-refractivity contribution in [3.63, 3.8) is 0 Å². The van der Waals surface area contributed by atoms with Crippen LogP contribution in [0.1, 0.15) is 25.7 Å². The number of carbonyl (C=O) groups excluding carboxylic acids is 1. The SMILES string of the molecule is CNC1CCN(C(=O)CCCSc2ccc(Br)cc2)CC1.Cl. The molecule has 6 heteroatoms. The normalized spacial score (nSPS) is 15.5. The Morgan fingerprint density at radius 1 is 1.32 bits per heavy atom. The third-order valence-electron chi connectivity index (χ3n) is 3.87. The fourth-order valence-corrected chi connectivity index (χ4v) is 3.64. The van der Waals surface area contributed by atoms with Gasteiger partial charge < -0.3 is 10.2 Å². The Balaban J connectivity index is 0.00000242. The number of nitrogens with zero attached hydrogens (tertiary/aromatic N) is 1. The smallest absolute Gasteiger partial charge is 0.222 e. The van der Waals surface area contributed by atoms with Gasteiger partial charge in [-0.15, -0.1) is 24.2 Å². The fourth-order valence-electron chi connectivity index (χ4n) is 2.52. The Kier molecular flexibility index (Phi) is 9.48. The van der Waals surface area contributed by atoms with Crippen LogP contribution >= 0.6 is 40.1 Å². The Labute approximate surface area is 152 Å². The van der Waals surface area contributed by atoms with Crippen molar-refractivity contribution in [1.82, 2.24) is 10.2 Å². The summed E-state index contributed by atoms with van der Waals surface area (Å²) < 4.78 is 1.10. The van der Waals surface area contributed by atoms with E-state index in [0.29, 0.717) is 18.4 Å². The van der Waals surface area contributed by atoms with Crippen LogP contribution in [0.3, 0.4) is 0 Å². The summed E-state index contributed by atoms with van der Waals surface area (Å²) >= 11 is 5.26. The average Bonchev–Trinajstić information content (AvgIpc) is 2.53. The predicted octanol–water partition coefficient (Wildman–Crippen LogP) is 3.95. The van der Waals surface area contributed by atoms with Crippen molar-refractivity contribution < 1.29 is 4.79 Å². The minimum Gasteiger partial charge on any atom is -0.343 e. The van der Waals surface area contributed by atoms with E-state index in [-0.39, 0.29) is 12.4 Å². The molecule has 124 valence electrons. The number of hydrogen-bond acceptors (Lipinski definition) is 3. The maximum absolute atomic E-state index is 12.1. The summed E-state index contributed by atoms with van der Waals surface area (Å²) in [6.07, 6.45) is 3.78. The largest absolute Gasteiger partial charge is 0.343 e. The zero-order valence-electron chi connectivity index (χ0n) is 12.9. The Morgan fingerprint density at radius 2 is 1.95 bits per heavy atom. The van der Waals surface area contributed by atoms with Crippen molar-refractivity contribution in [2.75, 3.05) is 25.9 Å². The first kappa shape index (κ1) is 19.8. The van der Waals surface area contributed by atoms with Gasteiger partial charge in [0, 0.05) is 34.9 Å². The second kappa shape index (κ2) is 10.5. The van der Waals surface area contributed by atoms with Gasteiger partial charge in [-0.2, -0.15) is 0 Å². The number of likely N-dealkylation sites (tertiary alicyclic amines) is 1. The number of benzene rings is 1. The molecule has 1 N–H and O–H groups in total. The number of rotatable bonds is 6. The highest BCUT2D eigenvalue weighted by Crippen LogP contribution is 2.22. The van der Waals surface area contributed by atoms with Gasteiger partial charge in [0.15, 0.2) is 0 Å². The zero-order chi connectivity index (χ0) is 15.1. The van der Waals surface area contributed by atoms with Crippen molar-refractivity contribution >= 4 is 46.0 Å². The zero-order valence-corrected chi connectivity index (χ0v) is 16.1. The van der Waals surface area contributed by atoms with E-state index in [0.717, 1.165) is 42.6 Å². The first-order valence-corrected chi connectivity index (χ1v) is 9.30. The fraction of sp³-hybridized carbons (Fsp3) is 0.562. The molecule has 1 aromatic rings. The summed E-state index contributed by atoms with van der Waals surface area (Å²) in [6.45, 7) is 1.81. The molecule has 0 radical (unpaired) electrons. The van der Waals surface area contributed by atoms with E-state index in [9.17, 15) is 4.79 Å². The summed E-state index contributed by atoms with van der Waals surface area (Å²) in [5.74, 6) is 1.32. The molecule has 22 heavy (non-hydrogen) atoms. The molecule has 1 amide bonds. The topological polar surface area (TPSA) is 32.3 Å². The first-order chi connectivity index (χ1) is 10.2. The lowest BCUT2D eigenvalue weighted by molar-refractivity contribution is -0.132. The number of halogens is 2. The van der Waals surface area contributed by atoms with Crippen molar-refractivity contribution in [2.24, 2.45) is 0 Å². The highest BCUT2D eigenvalue weighted by atomic mass is 79.9. The Bertz CT molecular complexity index is 450. The quantitative estimate of drug-likeness (QED) is 0.572. The Morgan fingerprint density at radius 3 is 2.55 bits per heavy atom. The highest BCUT2D eigenvalue weighted by Gasteiger charge is 2.21. The summed E-state index contributed by atoms with van der Waals surface area (Å²) in [5, 5.41) is 3.29. The van der Waals surface area contributed by atoms with Crippen LogP contribution < -0.4 is 5.32 Å². The lowest BCUT2D eigenvalue weighted by Gasteiger charge is -2.31. The first-order valence-electron chi connectivity index (χ1n) is 7.52. The number of hydrogen-bond donors (Lipinski definition) is 1.